The van der Waals surface area contributed by atoms with Gasteiger partial charge in [-0.3, -0.25) is 13.8 Å². The summed E-state index contributed by atoms with van der Waals surface area (Å²) in [6.07, 6.45) is 3.22. The van der Waals surface area contributed by atoms with Crippen LogP contribution < -0.4 is 14.4 Å². The van der Waals surface area contributed by atoms with Gasteiger partial charge in [0.05, 0.1) is 17.6 Å². The SMILES string of the molecule is CN(c1ccc(OCC(=O)Nc2cnn(C)c2)cc1)S(=O)(=O)c1cccs1. The van der Waals surface area contributed by atoms with Crippen LogP contribution in [0.4, 0.5) is 11.4 Å². The minimum absolute atomic E-state index is 0.169. The molecule has 0 saturated carbocycles. The minimum Gasteiger partial charge on any atom is -0.484 e. The molecule has 142 valence electrons. The fraction of sp³-hybridized carbons (Fsp3) is 0.176. The Balaban J connectivity index is 1.59. The van der Waals surface area contributed by atoms with E-state index in [0.717, 1.165) is 11.3 Å². The number of aromatic nitrogens is 2. The van der Waals surface area contributed by atoms with Crippen LogP contribution in [0.1, 0.15) is 0 Å². The lowest BCUT2D eigenvalue weighted by Gasteiger charge is -2.18. The number of thiophene rings is 1. The number of benzene rings is 1. The summed E-state index contributed by atoms with van der Waals surface area (Å²) < 4.78 is 33.5. The van der Waals surface area contributed by atoms with E-state index < -0.39 is 10.0 Å². The fourth-order valence-corrected chi connectivity index (χ4v) is 4.62. The first-order chi connectivity index (χ1) is 12.9. The molecule has 0 radical (unpaired) electrons. The number of sulfonamides is 1. The van der Waals surface area contributed by atoms with Crippen LogP contribution in [0.3, 0.4) is 0 Å². The van der Waals surface area contributed by atoms with Gasteiger partial charge in [-0.15, -0.1) is 11.3 Å². The van der Waals surface area contributed by atoms with Crippen molar-refractivity contribution in [3.05, 3.63) is 54.2 Å². The molecule has 0 aliphatic carbocycles. The number of ether oxygens (including phenoxy) is 1. The molecule has 1 aromatic carbocycles. The Morgan fingerprint density at radius 2 is 2.04 bits per heavy atom. The average molecular weight is 406 g/mol. The molecular formula is C17H18N4O4S2. The van der Waals surface area contributed by atoms with Crippen LogP contribution in [0, 0.1) is 0 Å². The zero-order valence-corrected chi connectivity index (χ0v) is 16.3. The number of hydrogen-bond donors (Lipinski definition) is 1. The molecule has 0 bridgehead atoms. The fourth-order valence-electron chi connectivity index (χ4n) is 2.27. The van der Waals surface area contributed by atoms with E-state index in [1.54, 1.807) is 59.7 Å². The van der Waals surface area contributed by atoms with Crippen molar-refractivity contribution >= 4 is 38.6 Å². The van der Waals surface area contributed by atoms with Crippen molar-refractivity contribution in [3.8, 4) is 5.75 Å². The van der Waals surface area contributed by atoms with Crippen LogP contribution in [0.5, 0.6) is 5.75 Å². The maximum Gasteiger partial charge on any atom is 0.273 e. The minimum atomic E-state index is -3.58. The van der Waals surface area contributed by atoms with Crippen LogP contribution in [0.15, 0.2) is 58.4 Å². The summed E-state index contributed by atoms with van der Waals surface area (Å²) in [6, 6.07) is 9.74. The van der Waals surface area contributed by atoms with E-state index in [2.05, 4.69) is 10.4 Å². The predicted octanol–water partition coefficient (Wildman–Crippen LogP) is 2.32. The van der Waals surface area contributed by atoms with Crippen molar-refractivity contribution in [3.63, 3.8) is 0 Å². The van der Waals surface area contributed by atoms with Gasteiger partial charge >= 0.3 is 0 Å². The highest BCUT2D eigenvalue weighted by molar-refractivity contribution is 7.94. The molecule has 3 rings (SSSR count). The molecule has 1 amide bonds. The van der Waals surface area contributed by atoms with Gasteiger partial charge in [0.25, 0.3) is 15.9 Å². The highest BCUT2D eigenvalue weighted by Crippen LogP contribution is 2.26. The number of carbonyl (C=O) groups excluding carboxylic acids is 1. The van der Waals surface area contributed by atoms with Gasteiger partial charge in [-0.05, 0) is 35.7 Å². The summed E-state index contributed by atoms with van der Waals surface area (Å²) in [5.41, 5.74) is 1.08. The van der Waals surface area contributed by atoms with E-state index >= 15 is 0 Å². The topological polar surface area (TPSA) is 93.5 Å². The standard InChI is InChI=1S/C17H18N4O4S2/c1-20-11-13(10-18-20)19-16(22)12-25-15-7-5-14(6-8-15)21(2)27(23,24)17-4-3-9-26-17/h3-11H,12H2,1-2H3,(H,19,22). The summed E-state index contributed by atoms with van der Waals surface area (Å²) in [4.78, 5) is 11.9. The van der Waals surface area contributed by atoms with Crippen LogP contribution in [0.2, 0.25) is 0 Å². The molecular weight excluding hydrogens is 388 g/mol. The lowest BCUT2D eigenvalue weighted by atomic mass is 10.3. The molecule has 27 heavy (non-hydrogen) atoms. The lowest BCUT2D eigenvalue weighted by Crippen LogP contribution is -2.25. The van der Waals surface area contributed by atoms with Crippen molar-refractivity contribution < 1.29 is 17.9 Å². The smallest absolute Gasteiger partial charge is 0.273 e. The maximum absolute atomic E-state index is 12.5. The molecule has 0 fully saturated rings. The number of amides is 1. The molecule has 3 aromatic rings. The summed E-state index contributed by atoms with van der Waals surface area (Å²) in [5.74, 6) is 0.145. The summed E-state index contributed by atoms with van der Waals surface area (Å²) >= 11 is 1.16. The quantitative estimate of drug-likeness (QED) is 0.650. The van der Waals surface area contributed by atoms with Gasteiger partial charge in [0.2, 0.25) is 0 Å². The van der Waals surface area contributed by atoms with E-state index in [-0.39, 0.29) is 16.7 Å². The number of nitrogens with one attached hydrogen (secondary N) is 1. The third-order valence-corrected chi connectivity index (χ3v) is 6.83. The predicted molar refractivity (Wildman–Crippen MR) is 104 cm³/mol. The summed E-state index contributed by atoms with van der Waals surface area (Å²) in [7, 11) is -0.335. The molecule has 0 atom stereocenters. The second kappa shape index (κ2) is 7.80. The van der Waals surface area contributed by atoms with E-state index in [0.29, 0.717) is 17.1 Å². The summed E-state index contributed by atoms with van der Waals surface area (Å²) in [5, 5.41) is 8.34. The Labute approximate surface area is 161 Å². The normalized spacial score (nSPS) is 11.2. The highest BCUT2D eigenvalue weighted by atomic mass is 32.2. The molecule has 2 heterocycles. The molecule has 8 nitrogen and oxygen atoms in total. The Kier molecular flexibility index (Phi) is 5.47. The van der Waals surface area contributed by atoms with Crippen molar-refractivity contribution in [1.29, 1.82) is 0 Å². The van der Waals surface area contributed by atoms with Crippen LogP contribution in [-0.4, -0.2) is 37.8 Å². The summed E-state index contributed by atoms with van der Waals surface area (Å²) in [6.45, 7) is -0.169. The van der Waals surface area contributed by atoms with E-state index in [1.165, 1.54) is 17.5 Å². The first-order valence-electron chi connectivity index (χ1n) is 7.90. The molecule has 0 saturated heterocycles. The van der Waals surface area contributed by atoms with Gasteiger partial charge in [-0.2, -0.15) is 5.10 Å². The van der Waals surface area contributed by atoms with Gasteiger partial charge in [0.15, 0.2) is 6.61 Å². The third kappa shape index (κ3) is 4.47. The zero-order valence-electron chi connectivity index (χ0n) is 14.7. The van der Waals surface area contributed by atoms with E-state index in [4.69, 9.17) is 4.74 Å². The van der Waals surface area contributed by atoms with E-state index in [1.807, 2.05) is 0 Å². The van der Waals surface area contributed by atoms with Crippen molar-refractivity contribution in [2.75, 3.05) is 23.3 Å². The van der Waals surface area contributed by atoms with Gasteiger partial charge in [0, 0.05) is 20.3 Å². The number of carbonyl (C=O) groups is 1. The molecule has 0 aliphatic heterocycles. The van der Waals surface area contributed by atoms with Crippen molar-refractivity contribution in [2.45, 2.75) is 4.21 Å². The van der Waals surface area contributed by atoms with Crippen LogP contribution >= 0.6 is 11.3 Å². The average Bonchev–Trinajstić information content (AvgIpc) is 3.32. The van der Waals surface area contributed by atoms with Crippen molar-refractivity contribution in [2.24, 2.45) is 7.05 Å². The first-order valence-corrected chi connectivity index (χ1v) is 10.2. The first kappa shape index (κ1) is 18.9. The van der Waals surface area contributed by atoms with Gasteiger partial charge in [-0.25, -0.2) is 8.42 Å². The van der Waals surface area contributed by atoms with E-state index in [9.17, 15) is 13.2 Å². The van der Waals surface area contributed by atoms with Gasteiger partial charge in [-0.1, -0.05) is 6.07 Å². The van der Waals surface area contributed by atoms with Crippen molar-refractivity contribution in [1.82, 2.24) is 9.78 Å². The number of aryl methyl sites for hydroxylation is 1. The van der Waals surface area contributed by atoms with Gasteiger partial charge < -0.3 is 10.1 Å². The molecule has 1 N–H and O–H groups in total. The maximum atomic E-state index is 12.5. The Bertz CT molecular complexity index is 1010. The van der Waals surface area contributed by atoms with Crippen LogP contribution in [0.25, 0.3) is 0 Å². The molecule has 0 aliphatic rings. The third-order valence-electron chi connectivity index (χ3n) is 3.67. The monoisotopic (exact) mass is 406 g/mol. The van der Waals surface area contributed by atoms with Crippen LogP contribution in [-0.2, 0) is 21.9 Å². The van der Waals surface area contributed by atoms with Gasteiger partial charge in [0.1, 0.15) is 9.96 Å². The number of hydrogen-bond acceptors (Lipinski definition) is 6. The second-order valence-electron chi connectivity index (χ2n) is 5.64. The molecule has 10 heteroatoms. The number of nitrogens with zero attached hydrogens (tertiary/aromatic N) is 3. The zero-order chi connectivity index (χ0) is 19.4. The number of rotatable bonds is 7. The Morgan fingerprint density at radius 1 is 1.30 bits per heavy atom. The highest BCUT2D eigenvalue weighted by Gasteiger charge is 2.22. The molecule has 0 unspecified atom stereocenters. The largest absolute Gasteiger partial charge is 0.484 e. The Morgan fingerprint density at radius 3 is 2.63 bits per heavy atom. The second-order valence-corrected chi connectivity index (χ2v) is 8.78. The molecule has 0 spiro atoms. The molecule has 2 aromatic heterocycles. The Hall–Kier alpha value is -2.85. The lowest BCUT2D eigenvalue weighted by molar-refractivity contribution is -0.118. The number of anilines is 2.